The van der Waals surface area contributed by atoms with Gasteiger partial charge < -0.3 is 4.90 Å². The van der Waals surface area contributed by atoms with Crippen LogP contribution in [-0.4, -0.2) is 31.2 Å². The summed E-state index contributed by atoms with van der Waals surface area (Å²) in [5, 5.41) is 0. The lowest BCUT2D eigenvalue weighted by molar-refractivity contribution is 0.0896. The molecule has 1 rings (SSSR count). The van der Waals surface area contributed by atoms with Crippen molar-refractivity contribution in [2.24, 2.45) is 11.8 Å². The monoisotopic (exact) mass is 173 g/mol. The van der Waals surface area contributed by atoms with Crippen LogP contribution in [0.1, 0.15) is 26.7 Å². The largest absolute Gasteiger partial charge is 0.303 e. The lowest BCUT2D eigenvalue weighted by Gasteiger charge is -2.33. The van der Waals surface area contributed by atoms with Crippen LogP contribution in [0.4, 0.5) is 4.39 Å². The molecule has 0 amide bonds. The summed E-state index contributed by atoms with van der Waals surface area (Å²) in [7, 11) is 2.00. The Morgan fingerprint density at radius 1 is 1.50 bits per heavy atom. The molecule has 0 aromatic carbocycles. The van der Waals surface area contributed by atoms with E-state index in [2.05, 4.69) is 18.7 Å². The molecular formula is C10H20FN. The molecule has 0 aliphatic carbocycles. The van der Waals surface area contributed by atoms with E-state index >= 15 is 0 Å². The zero-order valence-corrected chi connectivity index (χ0v) is 8.39. The third kappa shape index (κ3) is 2.74. The quantitative estimate of drug-likeness (QED) is 0.619. The third-order valence-corrected chi connectivity index (χ3v) is 2.65. The Balaban J connectivity index is 2.34. The number of hydrogen-bond donors (Lipinski definition) is 0. The molecule has 1 nitrogen and oxygen atoms in total. The first kappa shape index (κ1) is 9.97. The topological polar surface area (TPSA) is 3.24 Å². The first-order chi connectivity index (χ1) is 5.59. The second kappa shape index (κ2) is 4.22. The van der Waals surface area contributed by atoms with Gasteiger partial charge in [-0.3, -0.25) is 0 Å². The smallest absolute Gasteiger partial charge is 0.116 e. The molecular weight excluding hydrogens is 153 g/mol. The van der Waals surface area contributed by atoms with Crippen molar-refractivity contribution in [3.8, 4) is 0 Å². The second-order valence-electron chi connectivity index (χ2n) is 4.46. The molecule has 1 saturated heterocycles. The number of hydrogen-bond acceptors (Lipinski definition) is 1. The van der Waals surface area contributed by atoms with Crippen LogP contribution in [0, 0.1) is 11.8 Å². The molecule has 1 aliphatic rings. The van der Waals surface area contributed by atoms with Gasteiger partial charge in [0.25, 0.3) is 0 Å². The van der Waals surface area contributed by atoms with Gasteiger partial charge >= 0.3 is 0 Å². The van der Waals surface area contributed by atoms with Crippen LogP contribution in [0.5, 0.6) is 0 Å². The van der Waals surface area contributed by atoms with Crippen LogP contribution < -0.4 is 0 Å². The van der Waals surface area contributed by atoms with Crippen molar-refractivity contribution in [3.63, 3.8) is 0 Å². The maximum atomic E-state index is 13.4. The van der Waals surface area contributed by atoms with Crippen molar-refractivity contribution in [1.29, 1.82) is 0 Å². The van der Waals surface area contributed by atoms with Crippen molar-refractivity contribution < 1.29 is 4.39 Å². The molecule has 0 aromatic rings. The Hall–Kier alpha value is -0.110. The second-order valence-corrected chi connectivity index (χ2v) is 4.46. The van der Waals surface area contributed by atoms with Crippen molar-refractivity contribution >= 4 is 0 Å². The van der Waals surface area contributed by atoms with Gasteiger partial charge in [0.15, 0.2) is 0 Å². The molecule has 12 heavy (non-hydrogen) atoms. The molecule has 2 atom stereocenters. The van der Waals surface area contributed by atoms with Crippen LogP contribution in [0.2, 0.25) is 0 Å². The maximum Gasteiger partial charge on any atom is 0.116 e. The summed E-state index contributed by atoms with van der Waals surface area (Å²) < 4.78 is 13.4. The van der Waals surface area contributed by atoms with Crippen molar-refractivity contribution in [2.45, 2.75) is 32.9 Å². The lowest BCUT2D eigenvalue weighted by atomic mass is 9.87. The molecule has 1 fully saturated rings. The third-order valence-electron chi connectivity index (χ3n) is 2.65. The molecule has 2 heteroatoms. The minimum atomic E-state index is -0.592. The predicted molar refractivity (Wildman–Crippen MR) is 50.0 cm³/mol. The maximum absolute atomic E-state index is 13.4. The lowest BCUT2D eigenvalue weighted by Crippen LogP contribution is -2.39. The van der Waals surface area contributed by atoms with Gasteiger partial charge in [-0.2, -0.15) is 0 Å². The predicted octanol–water partition coefficient (Wildman–Crippen LogP) is 2.32. The molecule has 1 aliphatic heterocycles. The number of rotatable bonds is 2. The zero-order chi connectivity index (χ0) is 9.14. The first-order valence-corrected chi connectivity index (χ1v) is 4.92. The van der Waals surface area contributed by atoms with Gasteiger partial charge in [-0.25, -0.2) is 4.39 Å². The minimum Gasteiger partial charge on any atom is -0.303 e. The summed E-state index contributed by atoms with van der Waals surface area (Å²) in [5.74, 6) is 0.956. The van der Waals surface area contributed by atoms with Crippen LogP contribution in [0.25, 0.3) is 0 Å². The van der Waals surface area contributed by atoms with E-state index in [1.165, 1.54) is 0 Å². The minimum absolute atomic E-state index is 0.321. The highest BCUT2D eigenvalue weighted by atomic mass is 19.1. The Kier molecular flexibility index (Phi) is 3.51. The van der Waals surface area contributed by atoms with Crippen LogP contribution in [0.3, 0.4) is 0 Å². The molecule has 0 spiro atoms. The molecule has 0 bridgehead atoms. The van der Waals surface area contributed by atoms with Gasteiger partial charge in [-0.05, 0) is 38.3 Å². The Morgan fingerprint density at radius 3 is 2.67 bits per heavy atom. The van der Waals surface area contributed by atoms with Crippen molar-refractivity contribution in [1.82, 2.24) is 4.90 Å². The fraction of sp³-hybridized carbons (Fsp3) is 1.00. The fourth-order valence-electron chi connectivity index (χ4n) is 1.98. The zero-order valence-electron chi connectivity index (χ0n) is 8.39. The highest BCUT2D eigenvalue weighted by Crippen LogP contribution is 2.25. The molecule has 0 N–H and O–H groups in total. The molecule has 1 unspecified atom stereocenters. The summed E-state index contributed by atoms with van der Waals surface area (Å²) in [6.07, 6.45) is 1.50. The average molecular weight is 173 g/mol. The first-order valence-electron chi connectivity index (χ1n) is 4.92. The number of piperidine rings is 1. The SMILES string of the molecule is CC(C)CC1CCN(C)C[C@H]1F. The fourth-order valence-corrected chi connectivity index (χ4v) is 1.98. The van der Waals surface area contributed by atoms with Crippen molar-refractivity contribution in [3.05, 3.63) is 0 Å². The summed E-state index contributed by atoms with van der Waals surface area (Å²) in [5.41, 5.74) is 0. The van der Waals surface area contributed by atoms with Gasteiger partial charge in [-0.15, -0.1) is 0 Å². The van der Waals surface area contributed by atoms with Crippen molar-refractivity contribution in [2.75, 3.05) is 20.1 Å². The van der Waals surface area contributed by atoms with Gasteiger partial charge in [0.2, 0.25) is 0 Å². The van der Waals surface area contributed by atoms with Gasteiger partial charge in [0, 0.05) is 6.54 Å². The molecule has 72 valence electrons. The van der Waals surface area contributed by atoms with Crippen LogP contribution >= 0.6 is 0 Å². The van der Waals surface area contributed by atoms with E-state index in [1.807, 2.05) is 7.05 Å². The van der Waals surface area contributed by atoms with E-state index in [0.29, 0.717) is 18.4 Å². The van der Waals surface area contributed by atoms with E-state index in [9.17, 15) is 4.39 Å². The normalized spacial score (nSPS) is 32.8. The summed E-state index contributed by atoms with van der Waals surface area (Å²) in [6, 6.07) is 0. The number of nitrogens with zero attached hydrogens (tertiary/aromatic N) is 1. The number of halogens is 1. The molecule has 0 saturated carbocycles. The average Bonchev–Trinajstić information content (AvgIpc) is 1.94. The van der Waals surface area contributed by atoms with Gasteiger partial charge in [0.1, 0.15) is 6.17 Å². The van der Waals surface area contributed by atoms with Gasteiger partial charge in [0.05, 0.1) is 0 Å². The highest BCUT2D eigenvalue weighted by Gasteiger charge is 2.27. The standard InChI is InChI=1S/C10H20FN/c1-8(2)6-9-4-5-12(3)7-10(9)11/h8-10H,4-7H2,1-3H3/t9?,10-/m1/s1. The number of likely N-dealkylation sites (tertiary alicyclic amines) is 1. The van der Waals surface area contributed by atoms with E-state index in [1.54, 1.807) is 0 Å². The Morgan fingerprint density at radius 2 is 2.17 bits per heavy atom. The number of alkyl halides is 1. The molecule has 0 radical (unpaired) electrons. The Bertz CT molecular complexity index is 136. The highest BCUT2D eigenvalue weighted by molar-refractivity contribution is 4.79. The van der Waals surface area contributed by atoms with E-state index in [0.717, 1.165) is 19.4 Å². The van der Waals surface area contributed by atoms with E-state index < -0.39 is 6.17 Å². The van der Waals surface area contributed by atoms with Crippen LogP contribution in [-0.2, 0) is 0 Å². The molecule has 1 heterocycles. The summed E-state index contributed by atoms with van der Waals surface area (Å²) in [4.78, 5) is 2.08. The van der Waals surface area contributed by atoms with E-state index in [4.69, 9.17) is 0 Å². The van der Waals surface area contributed by atoms with Gasteiger partial charge in [-0.1, -0.05) is 13.8 Å². The summed E-state index contributed by atoms with van der Waals surface area (Å²) in [6.45, 7) is 6.05. The summed E-state index contributed by atoms with van der Waals surface area (Å²) >= 11 is 0. The molecule has 0 aromatic heterocycles. The Labute approximate surface area is 74.9 Å². The van der Waals surface area contributed by atoms with E-state index in [-0.39, 0.29) is 0 Å². The van der Waals surface area contributed by atoms with Crippen LogP contribution in [0.15, 0.2) is 0 Å².